The van der Waals surface area contributed by atoms with Crippen LogP contribution in [0.15, 0.2) is 35.3 Å². The van der Waals surface area contributed by atoms with E-state index >= 15 is 4.39 Å². The molecule has 4 heterocycles. The molecule has 0 unspecified atom stereocenters. The van der Waals surface area contributed by atoms with E-state index in [1.807, 2.05) is 0 Å². The molecule has 0 aliphatic carbocycles. The number of amides is 1. The maximum absolute atomic E-state index is 15.3. The second-order valence-electron chi connectivity index (χ2n) is 9.74. The van der Waals surface area contributed by atoms with E-state index in [4.69, 9.17) is 10.5 Å². The minimum absolute atomic E-state index is 0.0250. The Balaban J connectivity index is 1.36. The minimum atomic E-state index is -3.00. The molecule has 2 aromatic carbocycles. The van der Waals surface area contributed by atoms with E-state index < -0.39 is 49.3 Å². The molecule has 0 saturated carbocycles. The summed E-state index contributed by atoms with van der Waals surface area (Å²) in [6.45, 7) is -3.11. The molecule has 0 spiro atoms. The van der Waals surface area contributed by atoms with Crippen LogP contribution in [-0.4, -0.2) is 53.4 Å². The van der Waals surface area contributed by atoms with Crippen molar-refractivity contribution in [3.05, 3.63) is 58.4 Å². The summed E-state index contributed by atoms with van der Waals surface area (Å²) in [5.41, 5.74) is 7.35. The van der Waals surface area contributed by atoms with Crippen LogP contribution < -0.4 is 10.5 Å². The Bertz CT molecular complexity index is 1300. The van der Waals surface area contributed by atoms with Gasteiger partial charge in [0, 0.05) is 24.6 Å². The topological polar surface area (TPSA) is 80.4 Å². The zero-order valence-corrected chi connectivity index (χ0v) is 19.5. The van der Waals surface area contributed by atoms with Crippen LogP contribution in [0.2, 0.25) is 0 Å². The molecule has 1 amide bonds. The van der Waals surface area contributed by atoms with Crippen molar-refractivity contribution in [3.8, 4) is 5.75 Å². The lowest BCUT2D eigenvalue weighted by Gasteiger charge is -2.44. The second kappa shape index (κ2) is 8.57. The standard InChI is InChI=1S/C25H23F5N4O3/c26-17-8-18-16(19-9-25(29,30)11-34(19)24(31)32-18)7-15(17)22(35)33-5-1-2-20-21(33)14-4-3-13(37-23(27)28)6-12(14)10-36-20/h3-4,6-8,19-21,23H,1-2,5,9-11H2,(H2,31,32)/t19-,20+,21+/m1/s1. The number of ether oxygens (including phenoxy) is 2. The number of aliphatic imine (C=N–C) groups is 1. The maximum atomic E-state index is 15.3. The first-order chi connectivity index (χ1) is 17.6. The Morgan fingerprint density at radius 2 is 2.03 bits per heavy atom. The van der Waals surface area contributed by atoms with Gasteiger partial charge in [0.05, 0.1) is 42.6 Å². The lowest BCUT2D eigenvalue weighted by atomic mass is 9.86. The number of rotatable bonds is 3. The minimum Gasteiger partial charge on any atom is -0.435 e. The van der Waals surface area contributed by atoms with Gasteiger partial charge in [-0.3, -0.25) is 4.79 Å². The molecule has 2 aromatic rings. The number of benzene rings is 2. The molecule has 3 atom stereocenters. The molecule has 0 aromatic heterocycles. The Kier molecular flexibility index (Phi) is 5.55. The van der Waals surface area contributed by atoms with Gasteiger partial charge < -0.3 is 25.0 Å². The fraction of sp³-hybridized carbons (Fsp3) is 0.440. The number of carbonyl (C=O) groups excluding carboxylic acids is 1. The first-order valence-corrected chi connectivity index (χ1v) is 11.9. The number of alkyl halides is 4. The third-order valence-corrected chi connectivity index (χ3v) is 7.45. The zero-order valence-electron chi connectivity index (χ0n) is 19.5. The van der Waals surface area contributed by atoms with E-state index in [2.05, 4.69) is 9.73 Å². The molecule has 2 N–H and O–H groups in total. The Labute approximate surface area is 208 Å². The van der Waals surface area contributed by atoms with Crippen molar-refractivity contribution in [3.63, 3.8) is 0 Å². The predicted octanol–water partition coefficient (Wildman–Crippen LogP) is 4.65. The lowest BCUT2D eigenvalue weighted by Crippen LogP contribution is -2.48. The summed E-state index contributed by atoms with van der Waals surface area (Å²) in [6.07, 6.45) is 0.399. The summed E-state index contributed by atoms with van der Waals surface area (Å²) in [5, 5.41) is 0. The van der Waals surface area contributed by atoms with Gasteiger partial charge in [0.25, 0.3) is 11.8 Å². The molecule has 4 aliphatic rings. The molecule has 0 radical (unpaired) electrons. The number of nitrogens with two attached hydrogens (primary N) is 1. The molecule has 0 bridgehead atoms. The van der Waals surface area contributed by atoms with Crippen LogP contribution in [0.4, 0.5) is 27.6 Å². The van der Waals surface area contributed by atoms with Crippen molar-refractivity contribution in [2.75, 3.05) is 13.1 Å². The van der Waals surface area contributed by atoms with Crippen LogP contribution in [-0.2, 0) is 11.3 Å². The van der Waals surface area contributed by atoms with Gasteiger partial charge in [-0.25, -0.2) is 18.2 Å². The molecule has 7 nitrogen and oxygen atoms in total. The monoisotopic (exact) mass is 522 g/mol. The molecule has 37 heavy (non-hydrogen) atoms. The molecule has 2 saturated heterocycles. The number of piperidine rings is 1. The fourth-order valence-corrected chi connectivity index (χ4v) is 5.88. The highest BCUT2D eigenvalue weighted by Gasteiger charge is 2.49. The van der Waals surface area contributed by atoms with E-state index in [0.29, 0.717) is 36.1 Å². The maximum Gasteiger partial charge on any atom is 0.387 e. The van der Waals surface area contributed by atoms with Gasteiger partial charge >= 0.3 is 6.61 Å². The Hall–Kier alpha value is -3.41. The van der Waals surface area contributed by atoms with E-state index in [9.17, 15) is 22.4 Å². The van der Waals surface area contributed by atoms with Gasteiger partial charge in [-0.2, -0.15) is 8.78 Å². The summed E-state index contributed by atoms with van der Waals surface area (Å²) >= 11 is 0. The van der Waals surface area contributed by atoms with Crippen molar-refractivity contribution in [1.29, 1.82) is 0 Å². The molecule has 2 fully saturated rings. The average Bonchev–Trinajstić information content (AvgIpc) is 3.18. The SMILES string of the molecule is NC1=Nc2cc(F)c(C(=O)N3CCC[C@@H]4OCc5cc(OC(F)F)ccc5[C@@H]43)cc2[C@H]2CC(F)(F)CN12. The van der Waals surface area contributed by atoms with Crippen LogP contribution in [0, 0.1) is 5.82 Å². The largest absolute Gasteiger partial charge is 0.435 e. The Morgan fingerprint density at radius 1 is 1.22 bits per heavy atom. The van der Waals surface area contributed by atoms with Crippen LogP contribution in [0.25, 0.3) is 0 Å². The zero-order chi connectivity index (χ0) is 26.1. The van der Waals surface area contributed by atoms with Crippen molar-refractivity contribution >= 4 is 17.6 Å². The van der Waals surface area contributed by atoms with Gasteiger partial charge in [0.1, 0.15) is 11.6 Å². The first-order valence-electron chi connectivity index (χ1n) is 11.9. The molecule has 196 valence electrons. The van der Waals surface area contributed by atoms with Gasteiger partial charge in [-0.15, -0.1) is 0 Å². The van der Waals surface area contributed by atoms with E-state index in [-0.39, 0.29) is 35.7 Å². The van der Waals surface area contributed by atoms with Gasteiger partial charge in [0.2, 0.25) is 0 Å². The van der Waals surface area contributed by atoms with Crippen LogP contribution in [0.3, 0.4) is 0 Å². The Morgan fingerprint density at radius 3 is 2.81 bits per heavy atom. The summed E-state index contributed by atoms with van der Waals surface area (Å²) in [4.78, 5) is 20.6. The number of nitrogens with zero attached hydrogens (tertiary/aromatic N) is 3. The van der Waals surface area contributed by atoms with Crippen LogP contribution in [0.5, 0.6) is 5.75 Å². The van der Waals surface area contributed by atoms with Crippen molar-refractivity contribution < 1.29 is 36.2 Å². The van der Waals surface area contributed by atoms with Crippen molar-refractivity contribution in [2.24, 2.45) is 10.7 Å². The highest BCUT2D eigenvalue weighted by molar-refractivity contribution is 5.96. The average molecular weight is 522 g/mol. The fourth-order valence-electron chi connectivity index (χ4n) is 5.88. The highest BCUT2D eigenvalue weighted by Crippen LogP contribution is 2.47. The number of hydrogen-bond acceptors (Lipinski definition) is 6. The smallest absolute Gasteiger partial charge is 0.387 e. The molecule has 12 heteroatoms. The second-order valence-corrected chi connectivity index (χ2v) is 9.74. The highest BCUT2D eigenvalue weighted by atomic mass is 19.3. The van der Waals surface area contributed by atoms with Crippen LogP contribution in [0.1, 0.15) is 58.4 Å². The lowest BCUT2D eigenvalue weighted by molar-refractivity contribution is -0.0591. The number of hydrogen-bond donors (Lipinski definition) is 1. The molecule has 6 rings (SSSR count). The number of fused-ring (bicyclic) bond motifs is 6. The van der Waals surface area contributed by atoms with Crippen LogP contribution >= 0.6 is 0 Å². The summed E-state index contributed by atoms with van der Waals surface area (Å²) < 4.78 is 79.5. The number of carbonyl (C=O) groups is 1. The molecular formula is C25H23F5N4O3. The third kappa shape index (κ3) is 4.07. The number of guanidine groups is 1. The van der Waals surface area contributed by atoms with E-state index in [1.54, 1.807) is 6.07 Å². The molecular weight excluding hydrogens is 499 g/mol. The summed E-state index contributed by atoms with van der Waals surface area (Å²) in [6, 6.07) is 5.45. The summed E-state index contributed by atoms with van der Waals surface area (Å²) in [5.74, 6) is -4.58. The normalized spacial score (nSPS) is 25.7. The third-order valence-electron chi connectivity index (χ3n) is 7.45. The summed E-state index contributed by atoms with van der Waals surface area (Å²) in [7, 11) is 0. The predicted molar refractivity (Wildman–Crippen MR) is 121 cm³/mol. The molecule has 4 aliphatic heterocycles. The van der Waals surface area contributed by atoms with Gasteiger partial charge in [-0.1, -0.05) is 6.07 Å². The quantitative estimate of drug-likeness (QED) is 0.594. The van der Waals surface area contributed by atoms with Crippen molar-refractivity contribution in [1.82, 2.24) is 9.80 Å². The first kappa shape index (κ1) is 24.0. The van der Waals surface area contributed by atoms with Gasteiger partial charge in [0.15, 0.2) is 5.96 Å². The van der Waals surface area contributed by atoms with Gasteiger partial charge in [-0.05, 0) is 42.2 Å². The van der Waals surface area contributed by atoms with E-state index in [1.165, 1.54) is 28.0 Å². The number of likely N-dealkylation sites (tertiary alicyclic amines) is 1. The van der Waals surface area contributed by atoms with E-state index in [0.717, 1.165) is 6.07 Å². The van der Waals surface area contributed by atoms with Crippen molar-refractivity contribution in [2.45, 2.75) is 56.6 Å². The number of halogens is 5.